The number of benzene rings is 2. The molecule has 0 unspecified atom stereocenters. The van der Waals surface area contributed by atoms with Gasteiger partial charge in [-0.2, -0.15) is 13.2 Å². The maximum atomic E-state index is 13.3. The second-order valence-electron chi connectivity index (χ2n) is 7.75. The maximum absolute atomic E-state index is 13.3. The lowest BCUT2D eigenvalue weighted by Crippen LogP contribution is -2.37. The van der Waals surface area contributed by atoms with Crippen molar-refractivity contribution >= 4 is 23.4 Å². The van der Waals surface area contributed by atoms with E-state index in [1.54, 1.807) is 18.2 Å². The Kier molecular flexibility index (Phi) is 6.41. The molecule has 2 amide bonds. The van der Waals surface area contributed by atoms with Crippen LogP contribution in [0.5, 0.6) is 0 Å². The van der Waals surface area contributed by atoms with Crippen molar-refractivity contribution in [1.29, 1.82) is 0 Å². The lowest BCUT2D eigenvalue weighted by molar-refractivity contribution is -0.138. The minimum absolute atomic E-state index is 0.0702. The van der Waals surface area contributed by atoms with Crippen molar-refractivity contribution in [2.24, 2.45) is 5.92 Å². The molecule has 0 fully saturated rings. The van der Waals surface area contributed by atoms with Gasteiger partial charge in [0.05, 0.1) is 11.1 Å². The molecule has 0 aromatic heterocycles. The zero-order valence-corrected chi connectivity index (χ0v) is 17.4. The first-order valence-corrected chi connectivity index (χ1v) is 10.00. The Bertz CT molecular complexity index is 973. The Morgan fingerprint density at radius 2 is 1.87 bits per heavy atom. The molecule has 0 radical (unpaired) electrons. The van der Waals surface area contributed by atoms with E-state index in [1.165, 1.54) is 4.90 Å². The maximum Gasteiger partial charge on any atom is 0.417 e. The lowest BCUT2D eigenvalue weighted by Gasteiger charge is -2.30. The molecule has 2 aromatic carbocycles. The third-order valence-electron chi connectivity index (χ3n) is 4.96. The summed E-state index contributed by atoms with van der Waals surface area (Å²) in [7, 11) is 0. The highest BCUT2D eigenvalue weighted by Gasteiger charge is 2.36. The Balaban J connectivity index is 1.80. The van der Waals surface area contributed by atoms with Gasteiger partial charge in [-0.25, -0.2) is 0 Å². The number of fused-ring (bicyclic) bond motifs is 1. The summed E-state index contributed by atoms with van der Waals surface area (Å²) in [6.07, 6.45) is -4.20. The van der Waals surface area contributed by atoms with Crippen LogP contribution in [0.3, 0.4) is 0 Å². The molecular formula is C22H22ClF3N2O2. The van der Waals surface area contributed by atoms with Crippen molar-refractivity contribution in [1.82, 2.24) is 10.2 Å². The normalized spacial score (nSPS) is 13.9. The third kappa shape index (κ3) is 4.95. The van der Waals surface area contributed by atoms with Crippen molar-refractivity contribution in [3.8, 4) is 0 Å². The summed E-state index contributed by atoms with van der Waals surface area (Å²) >= 11 is 5.85. The Morgan fingerprint density at radius 1 is 1.13 bits per heavy atom. The van der Waals surface area contributed by atoms with Crippen molar-refractivity contribution < 1.29 is 22.8 Å². The summed E-state index contributed by atoms with van der Waals surface area (Å²) in [5.41, 5.74) is 0.801. The number of nitrogens with one attached hydrogen (secondary N) is 1. The molecule has 8 heteroatoms. The van der Waals surface area contributed by atoms with Gasteiger partial charge in [0.15, 0.2) is 0 Å². The molecule has 1 heterocycles. The van der Waals surface area contributed by atoms with Crippen LogP contribution in [0.25, 0.3) is 0 Å². The Labute approximate surface area is 178 Å². The lowest BCUT2D eigenvalue weighted by atomic mass is 9.96. The highest BCUT2D eigenvalue weighted by molar-refractivity contribution is 6.31. The average Bonchev–Trinajstić information content (AvgIpc) is 2.69. The molecule has 30 heavy (non-hydrogen) atoms. The van der Waals surface area contributed by atoms with Gasteiger partial charge in [0.25, 0.3) is 11.8 Å². The van der Waals surface area contributed by atoms with E-state index in [9.17, 15) is 22.8 Å². The van der Waals surface area contributed by atoms with Gasteiger partial charge in [0.2, 0.25) is 0 Å². The van der Waals surface area contributed by atoms with Crippen LogP contribution in [0.2, 0.25) is 5.02 Å². The molecule has 4 nitrogen and oxygen atoms in total. The summed E-state index contributed by atoms with van der Waals surface area (Å²) in [5, 5.41) is 2.93. The fourth-order valence-electron chi connectivity index (χ4n) is 3.38. The topological polar surface area (TPSA) is 49.4 Å². The van der Waals surface area contributed by atoms with Crippen LogP contribution in [0.15, 0.2) is 36.4 Å². The Morgan fingerprint density at radius 3 is 2.53 bits per heavy atom. The largest absolute Gasteiger partial charge is 0.417 e. The molecule has 1 aliphatic heterocycles. The van der Waals surface area contributed by atoms with Crippen LogP contribution in [-0.4, -0.2) is 29.8 Å². The minimum atomic E-state index is -4.65. The number of amides is 2. The van der Waals surface area contributed by atoms with Crippen LogP contribution in [0.4, 0.5) is 13.2 Å². The predicted octanol–water partition coefficient (Wildman–Crippen LogP) is 4.94. The number of nitrogens with zero attached hydrogens (tertiary/aromatic N) is 1. The molecule has 3 rings (SSSR count). The van der Waals surface area contributed by atoms with E-state index < -0.39 is 23.2 Å². The number of carbonyl (C=O) groups excluding carboxylic acids is 2. The number of carbonyl (C=O) groups is 2. The van der Waals surface area contributed by atoms with Crippen LogP contribution in [0.1, 0.15) is 51.3 Å². The monoisotopic (exact) mass is 438 g/mol. The molecular weight excluding hydrogens is 417 g/mol. The van der Waals surface area contributed by atoms with Crippen molar-refractivity contribution in [2.75, 3.05) is 13.1 Å². The first-order chi connectivity index (χ1) is 14.1. The first-order valence-electron chi connectivity index (χ1n) is 9.62. The smallest absolute Gasteiger partial charge is 0.352 e. The molecule has 0 atom stereocenters. The van der Waals surface area contributed by atoms with E-state index in [0.717, 1.165) is 29.3 Å². The summed E-state index contributed by atoms with van der Waals surface area (Å²) in [6, 6.07) is 8.22. The second kappa shape index (κ2) is 8.68. The van der Waals surface area contributed by atoms with Gasteiger partial charge in [-0.3, -0.25) is 9.59 Å². The van der Waals surface area contributed by atoms with Gasteiger partial charge in [0.1, 0.15) is 0 Å². The van der Waals surface area contributed by atoms with E-state index in [0.29, 0.717) is 24.4 Å². The van der Waals surface area contributed by atoms with Gasteiger partial charge < -0.3 is 10.2 Å². The second-order valence-corrected chi connectivity index (χ2v) is 8.19. The van der Waals surface area contributed by atoms with Crippen molar-refractivity contribution in [3.05, 3.63) is 69.2 Å². The molecule has 1 aliphatic rings. The van der Waals surface area contributed by atoms with Gasteiger partial charge >= 0.3 is 6.18 Å². The first kappa shape index (κ1) is 22.2. The highest BCUT2D eigenvalue weighted by atomic mass is 35.5. The van der Waals surface area contributed by atoms with Crippen LogP contribution < -0.4 is 5.32 Å². The number of hydrogen-bond acceptors (Lipinski definition) is 2. The fraction of sp³-hybridized carbons (Fsp3) is 0.364. The van der Waals surface area contributed by atoms with Gasteiger partial charge in [0, 0.05) is 30.2 Å². The van der Waals surface area contributed by atoms with E-state index in [-0.39, 0.29) is 24.0 Å². The summed E-state index contributed by atoms with van der Waals surface area (Å²) in [6.45, 7) is 5.00. The van der Waals surface area contributed by atoms with Gasteiger partial charge in [-0.1, -0.05) is 31.5 Å². The number of halogens is 4. The molecule has 0 aliphatic carbocycles. The Hall–Kier alpha value is -2.54. The van der Waals surface area contributed by atoms with Crippen LogP contribution >= 0.6 is 11.6 Å². The SMILES string of the molecule is CC(C)CNC(=O)c1ccc2c(c1)CCN(C(=O)c1cc(Cl)ccc1C(F)(F)F)C2. The quantitative estimate of drug-likeness (QED) is 0.734. The number of rotatable bonds is 4. The summed E-state index contributed by atoms with van der Waals surface area (Å²) < 4.78 is 40.0. The molecule has 1 N–H and O–H groups in total. The molecule has 0 spiro atoms. The minimum Gasteiger partial charge on any atom is -0.352 e. The van der Waals surface area contributed by atoms with E-state index in [4.69, 9.17) is 11.6 Å². The zero-order valence-electron chi connectivity index (χ0n) is 16.6. The molecule has 0 saturated carbocycles. The third-order valence-corrected chi connectivity index (χ3v) is 5.19. The molecule has 0 saturated heterocycles. The molecule has 0 bridgehead atoms. The van der Waals surface area contributed by atoms with Crippen LogP contribution in [-0.2, 0) is 19.1 Å². The number of alkyl halides is 3. The summed E-state index contributed by atoms with van der Waals surface area (Å²) in [4.78, 5) is 26.5. The highest BCUT2D eigenvalue weighted by Crippen LogP contribution is 2.34. The predicted molar refractivity (Wildman–Crippen MR) is 109 cm³/mol. The standard InChI is InChI=1S/C22H22ClF3N2O2/c1-13(2)11-27-20(29)15-3-4-16-12-28(8-7-14(16)9-15)21(30)18-10-17(23)5-6-19(18)22(24,25)26/h3-6,9-10,13H,7-8,11-12H2,1-2H3,(H,27,29). The summed E-state index contributed by atoms with van der Waals surface area (Å²) in [5.74, 6) is -0.549. The van der Waals surface area contributed by atoms with E-state index in [1.807, 2.05) is 13.8 Å². The fourth-order valence-corrected chi connectivity index (χ4v) is 3.55. The van der Waals surface area contributed by atoms with E-state index in [2.05, 4.69) is 5.32 Å². The molecule has 2 aromatic rings. The van der Waals surface area contributed by atoms with Crippen molar-refractivity contribution in [3.63, 3.8) is 0 Å². The number of hydrogen-bond donors (Lipinski definition) is 1. The van der Waals surface area contributed by atoms with Gasteiger partial charge in [-0.05, 0) is 53.8 Å². The molecule has 160 valence electrons. The van der Waals surface area contributed by atoms with Crippen molar-refractivity contribution in [2.45, 2.75) is 33.0 Å². The zero-order chi connectivity index (χ0) is 22.1. The van der Waals surface area contributed by atoms with Crippen LogP contribution in [0, 0.1) is 5.92 Å². The van der Waals surface area contributed by atoms with E-state index >= 15 is 0 Å². The average molecular weight is 439 g/mol. The van der Waals surface area contributed by atoms with Gasteiger partial charge in [-0.15, -0.1) is 0 Å².